The maximum atomic E-state index is 12.2. The number of β-amino-alcohol motifs (C(OH)–C–C–N with tert-alkyl or cyclic N) is 1. The Hall–Kier alpha value is -3.36. The monoisotopic (exact) mass is 451 g/mol. The zero-order valence-corrected chi connectivity index (χ0v) is 18.3. The average Bonchev–Trinajstić information content (AvgIpc) is 2.74. The lowest BCUT2D eigenvalue weighted by Gasteiger charge is -2.22. The molecular weight excluding hydrogens is 422 g/mol. The molecule has 11 heteroatoms. The highest BCUT2D eigenvalue weighted by Gasteiger charge is 2.25. The number of aliphatic hydroxyl groups is 1. The van der Waals surface area contributed by atoms with Gasteiger partial charge in [0.05, 0.1) is 18.1 Å². The van der Waals surface area contributed by atoms with Crippen LogP contribution in [0.3, 0.4) is 0 Å². The third-order valence-electron chi connectivity index (χ3n) is 4.15. The van der Waals surface area contributed by atoms with Crippen LogP contribution in [0.25, 0.3) is 0 Å². The molecule has 11 nitrogen and oxygen atoms in total. The Morgan fingerprint density at radius 1 is 1.28 bits per heavy atom. The number of nitrogens with one attached hydrogen (secondary N) is 2. The molecule has 0 aliphatic carbocycles. The number of amides is 1. The van der Waals surface area contributed by atoms with E-state index in [0.717, 1.165) is 0 Å². The smallest absolute Gasteiger partial charge is 0.311 e. The van der Waals surface area contributed by atoms with Crippen LogP contribution in [-0.4, -0.2) is 60.1 Å². The van der Waals surface area contributed by atoms with E-state index in [0.29, 0.717) is 11.4 Å². The van der Waals surface area contributed by atoms with Gasteiger partial charge in [0.2, 0.25) is 5.91 Å². The maximum absolute atomic E-state index is 12.2. The van der Waals surface area contributed by atoms with Gasteiger partial charge in [-0.15, -0.1) is 16.5 Å². The van der Waals surface area contributed by atoms with E-state index in [-0.39, 0.29) is 26.2 Å². The van der Waals surface area contributed by atoms with Crippen LogP contribution in [0.4, 0.5) is 5.69 Å². The van der Waals surface area contributed by atoms with Gasteiger partial charge < -0.3 is 24.7 Å². The van der Waals surface area contributed by atoms with Crippen molar-refractivity contribution in [2.24, 2.45) is 5.92 Å². The van der Waals surface area contributed by atoms with Crippen molar-refractivity contribution in [3.8, 4) is 18.1 Å². The summed E-state index contributed by atoms with van der Waals surface area (Å²) >= 11 is 0. The van der Waals surface area contributed by atoms with Crippen LogP contribution < -0.4 is 15.4 Å². The minimum atomic E-state index is -1.11. The van der Waals surface area contributed by atoms with Crippen molar-refractivity contribution >= 4 is 17.6 Å². The molecular formula is C21H29N3O8. The van der Waals surface area contributed by atoms with Gasteiger partial charge in [0, 0.05) is 18.7 Å². The van der Waals surface area contributed by atoms with E-state index in [4.69, 9.17) is 15.9 Å². The number of benzene rings is 1. The molecule has 1 aromatic rings. The van der Waals surface area contributed by atoms with E-state index in [1.54, 1.807) is 31.2 Å². The van der Waals surface area contributed by atoms with E-state index in [1.807, 2.05) is 13.8 Å². The summed E-state index contributed by atoms with van der Waals surface area (Å²) in [5.41, 5.74) is -0.110. The van der Waals surface area contributed by atoms with E-state index >= 15 is 0 Å². The van der Waals surface area contributed by atoms with Crippen molar-refractivity contribution in [2.75, 3.05) is 31.7 Å². The molecule has 1 aromatic carbocycles. The van der Waals surface area contributed by atoms with Crippen LogP contribution in [-0.2, 0) is 19.2 Å². The number of nitrogens with zero attached hydrogens (tertiary/aromatic N) is 1. The summed E-state index contributed by atoms with van der Waals surface area (Å²) in [5, 5.41) is 24.9. The fourth-order valence-corrected chi connectivity index (χ4v) is 2.37. The van der Waals surface area contributed by atoms with Gasteiger partial charge in [-0.25, -0.2) is 0 Å². The molecule has 32 heavy (non-hydrogen) atoms. The second kappa shape index (κ2) is 13.1. The van der Waals surface area contributed by atoms with Gasteiger partial charge in [0.1, 0.15) is 25.1 Å². The molecule has 0 aliphatic heterocycles. The summed E-state index contributed by atoms with van der Waals surface area (Å²) in [4.78, 5) is 38.7. The van der Waals surface area contributed by atoms with Crippen molar-refractivity contribution in [3.05, 3.63) is 34.4 Å². The molecule has 2 unspecified atom stereocenters. The summed E-state index contributed by atoms with van der Waals surface area (Å²) in [6.07, 6.45) is 4.25. The van der Waals surface area contributed by atoms with Crippen LogP contribution in [0.5, 0.6) is 5.75 Å². The van der Waals surface area contributed by atoms with Crippen molar-refractivity contribution in [1.82, 2.24) is 5.32 Å². The number of esters is 1. The number of hydrogen-bond acceptors (Lipinski definition) is 9. The number of terminal acetylenes is 1. The molecule has 1 rings (SSSR count). The zero-order valence-electron chi connectivity index (χ0n) is 18.3. The second-order valence-corrected chi connectivity index (χ2v) is 7.36. The van der Waals surface area contributed by atoms with Crippen LogP contribution in [0, 0.1) is 28.4 Å². The zero-order chi connectivity index (χ0) is 24.1. The van der Waals surface area contributed by atoms with Crippen LogP contribution in [0.2, 0.25) is 0 Å². The van der Waals surface area contributed by atoms with Gasteiger partial charge in [-0.1, -0.05) is 5.92 Å². The van der Waals surface area contributed by atoms with Crippen LogP contribution >= 0.6 is 0 Å². The van der Waals surface area contributed by atoms with Gasteiger partial charge in [-0.2, -0.15) is 0 Å². The SMILES string of the molecule is C#CC(C)(C)NCC(O)COc1ccc(NC(=O)CC(CO[N+](=O)[O-])C(=O)OCC)cc1. The molecule has 0 spiro atoms. The Kier molecular flexibility index (Phi) is 11.0. The summed E-state index contributed by atoms with van der Waals surface area (Å²) in [6.45, 7) is 5.01. The fourth-order valence-electron chi connectivity index (χ4n) is 2.37. The van der Waals surface area contributed by atoms with Crippen molar-refractivity contribution in [3.63, 3.8) is 0 Å². The standard InChI is InChI=1S/C21H29N3O8/c1-5-21(3,4)22-12-17(25)14-31-18-9-7-16(8-10-18)23-19(26)11-15(13-32-24(28)29)20(27)30-6-2/h1,7-10,15,17,22,25H,6,11-14H2,2-4H3,(H,23,26). The van der Waals surface area contributed by atoms with Crippen LogP contribution in [0.1, 0.15) is 27.2 Å². The largest absolute Gasteiger partial charge is 0.491 e. The second-order valence-electron chi connectivity index (χ2n) is 7.36. The third kappa shape index (κ3) is 10.6. The van der Waals surface area contributed by atoms with Crippen molar-refractivity contribution in [1.29, 1.82) is 0 Å². The number of aliphatic hydroxyl groups excluding tert-OH is 1. The molecule has 176 valence electrons. The van der Waals surface area contributed by atoms with Crippen molar-refractivity contribution in [2.45, 2.75) is 38.8 Å². The fraction of sp³-hybridized carbons (Fsp3) is 0.524. The summed E-state index contributed by atoms with van der Waals surface area (Å²) in [6, 6.07) is 6.35. The molecule has 0 saturated carbocycles. The highest BCUT2D eigenvalue weighted by atomic mass is 16.9. The molecule has 3 N–H and O–H groups in total. The van der Waals surface area contributed by atoms with E-state index in [9.17, 15) is 24.8 Å². The number of rotatable bonds is 14. The highest BCUT2D eigenvalue weighted by molar-refractivity contribution is 5.93. The molecule has 0 radical (unpaired) electrons. The van der Waals surface area contributed by atoms with Gasteiger partial charge in [0.15, 0.2) is 0 Å². The first-order valence-corrected chi connectivity index (χ1v) is 9.93. The maximum Gasteiger partial charge on any atom is 0.311 e. The lowest BCUT2D eigenvalue weighted by molar-refractivity contribution is -0.758. The topological polar surface area (TPSA) is 149 Å². The molecule has 0 saturated heterocycles. The quantitative estimate of drug-likeness (QED) is 0.164. The number of carbonyl (C=O) groups is 2. The van der Waals surface area contributed by atoms with E-state index in [1.165, 1.54) is 0 Å². The molecule has 0 bridgehead atoms. The van der Waals surface area contributed by atoms with Gasteiger partial charge in [0.25, 0.3) is 5.09 Å². The minimum Gasteiger partial charge on any atom is -0.491 e. The van der Waals surface area contributed by atoms with E-state index in [2.05, 4.69) is 21.4 Å². The summed E-state index contributed by atoms with van der Waals surface area (Å²) < 4.78 is 10.3. The molecule has 1 amide bonds. The Morgan fingerprint density at radius 3 is 2.50 bits per heavy atom. The predicted molar refractivity (Wildman–Crippen MR) is 115 cm³/mol. The highest BCUT2D eigenvalue weighted by Crippen LogP contribution is 2.17. The molecule has 0 aromatic heterocycles. The third-order valence-corrected chi connectivity index (χ3v) is 4.15. The van der Waals surface area contributed by atoms with Gasteiger partial charge >= 0.3 is 5.97 Å². The molecule has 0 heterocycles. The van der Waals surface area contributed by atoms with Gasteiger partial charge in [-0.3, -0.25) is 14.9 Å². The number of hydrogen-bond donors (Lipinski definition) is 3. The lowest BCUT2D eigenvalue weighted by atomic mass is 10.1. The Bertz CT molecular complexity index is 804. The normalized spacial score (nSPS) is 12.7. The van der Waals surface area contributed by atoms with E-state index < -0.39 is 41.1 Å². The lowest BCUT2D eigenvalue weighted by Crippen LogP contribution is -2.43. The van der Waals surface area contributed by atoms with Gasteiger partial charge in [-0.05, 0) is 45.0 Å². The predicted octanol–water partition coefficient (Wildman–Crippen LogP) is 1.14. The summed E-state index contributed by atoms with van der Waals surface area (Å²) in [5.74, 6) is 0.631. The Balaban J connectivity index is 2.54. The van der Waals surface area contributed by atoms with Crippen LogP contribution in [0.15, 0.2) is 24.3 Å². The Labute approximate surface area is 186 Å². The molecule has 0 aliphatic rings. The van der Waals surface area contributed by atoms with Crippen molar-refractivity contribution < 1.29 is 34.1 Å². The first-order valence-electron chi connectivity index (χ1n) is 9.93. The molecule has 2 atom stereocenters. The first-order chi connectivity index (χ1) is 15.1. The summed E-state index contributed by atoms with van der Waals surface area (Å²) in [7, 11) is 0. The number of ether oxygens (including phenoxy) is 2. The minimum absolute atomic E-state index is 0.0387. The first kappa shape index (κ1) is 26.7. The number of carbonyl (C=O) groups excluding carboxylic acids is 2. The molecule has 0 fully saturated rings. The number of anilines is 1. The Morgan fingerprint density at radius 2 is 1.94 bits per heavy atom. The average molecular weight is 451 g/mol.